The van der Waals surface area contributed by atoms with Crippen LogP contribution in [-0.2, 0) is 4.79 Å². The van der Waals surface area contributed by atoms with E-state index in [4.69, 9.17) is 4.42 Å². The number of likely N-dealkylation sites (tertiary alicyclic amines) is 1. The zero-order chi connectivity index (χ0) is 14.1. The average molecular weight is 271 g/mol. The maximum absolute atomic E-state index is 12.2. The van der Waals surface area contributed by atoms with Crippen molar-refractivity contribution in [2.24, 2.45) is 5.92 Å². The van der Waals surface area contributed by atoms with E-state index in [-0.39, 0.29) is 24.2 Å². The fourth-order valence-corrected chi connectivity index (χ4v) is 2.66. The molecule has 1 unspecified atom stereocenters. The van der Waals surface area contributed by atoms with Crippen molar-refractivity contribution in [3.8, 4) is 0 Å². The van der Waals surface area contributed by atoms with Gasteiger partial charge in [0.25, 0.3) is 0 Å². The minimum atomic E-state index is -0.136. The van der Waals surface area contributed by atoms with Crippen molar-refractivity contribution in [2.45, 2.75) is 19.8 Å². The van der Waals surface area contributed by atoms with Crippen LogP contribution in [0.2, 0.25) is 0 Å². The number of Topliss-reactive ketones (excluding diaryl/α,β-unsaturated/α-hetero) is 1. The first-order valence-electron chi connectivity index (χ1n) is 6.96. The summed E-state index contributed by atoms with van der Waals surface area (Å²) in [6.07, 6.45) is 1.87. The highest BCUT2D eigenvalue weighted by Crippen LogP contribution is 2.21. The van der Waals surface area contributed by atoms with Gasteiger partial charge in [-0.1, -0.05) is 25.1 Å². The number of nitrogens with zero attached hydrogens (tertiary/aromatic N) is 1. The van der Waals surface area contributed by atoms with Gasteiger partial charge < -0.3 is 9.32 Å². The molecular weight excluding hydrogens is 254 g/mol. The molecule has 1 aliphatic heterocycles. The van der Waals surface area contributed by atoms with Crippen LogP contribution < -0.4 is 0 Å². The molecular formula is C16H17NO3. The molecule has 0 spiro atoms. The summed E-state index contributed by atoms with van der Waals surface area (Å²) in [5.41, 5.74) is 0.703. The molecule has 2 heterocycles. The Balaban J connectivity index is 1.77. The first-order valence-corrected chi connectivity index (χ1v) is 6.96. The smallest absolute Gasteiger partial charge is 0.225 e. The topological polar surface area (TPSA) is 50.5 Å². The first kappa shape index (κ1) is 12.9. The molecule has 0 aliphatic carbocycles. The van der Waals surface area contributed by atoms with Crippen molar-refractivity contribution in [1.82, 2.24) is 4.90 Å². The number of rotatable bonds is 3. The lowest BCUT2D eigenvalue weighted by molar-refractivity contribution is -0.137. The lowest BCUT2D eigenvalue weighted by atomic mass is 9.99. The van der Waals surface area contributed by atoms with Gasteiger partial charge in [0.05, 0.1) is 6.54 Å². The van der Waals surface area contributed by atoms with E-state index in [0.717, 1.165) is 18.2 Å². The van der Waals surface area contributed by atoms with Gasteiger partial charge >= 0.3 is 0 Å². The van der Waals surface area contributed by atoms with Crippen LogP contribution in [0.1, 0.15) is 30.3 Å². The molecule has 1 atom stereocenters. The Kier molecular flexibility index (Phi) is 3.30. The third-order valence-corrected chi connectivity index (χ3v) is 3.83. The highest BCUT2D eigenvalue weighted by Gasteiger charge is 2.27. The van der Waals surface area contributed by atoms with Gasteiger partial charge in [-0.2, -0.15) is 0 Å². The first-order chi connectivity index (χ1) is 9.65. The van der Waals surface area contributed by atoms with Crippen molar-refractivity contribution in [2.75, 3.05) is 13.1 Å². The average Bonchev–Trinajstić information content (AvgIpc) is 2.88. The van der Waals surface area contributed by atoms with Gasteiger partial charge in [-0.15, -0.1) is 0 Å². The second-order valence-electron chi connectivity index (χ2n) is 5.37. The predicted octanol–water partition coefficient (Wildman–Crippen LogP) is 2.87. The van der Waals surface area contributed by atoms with Gasteiger partial charge in [-0.05, 0) is 25.0 Å². The standard InChI is InChI=1S/C16H17NO3/c1-11-5-4-8-17(16(11)19)10-13(18)15-9-12-6-2-3-7-14(12)20-15/h2-3,6-7,9,11H,4-5,8,10H2,1H3. The van der Waals surface area contributed by atoms with Crippen LogP contribution >= 0.6 is 0 Å². The van der Waals surface area contributed by atoms with Crippen molar-refractivity contribution < 1.29 is 14.0 Å². The number of piperidine rings is 1. The molecule has 0 N–H and O–H groups in total. The lowest BCUT2D eigenvalue weighted by Gasteiger charge is -2.29. The van der Waals surface area contributed by atoms with Crippen LogP contribution in [-0.4, -0.2) is 29.7 Å². The highest BCUT2D eigenvalue weighted by molar-refractivity contribution is 6.00. The monoisotopic (exact) mass is 271 g/mol. The molecule has 4 nitrogen and oxygen atoms in total. The van der Waals surface area contributed by atoms with Crippen LogP contribution in [0.3, 0.4) is 0 Å². The second-order valence-corrected chi connectivity index (χ2v) is 5.37. The number of para-hydroxylation sites is 1. The van der Waals surface area contributed by atoms with E-state index in [9.17, 15) is 9.59 Å². The number of carbonyl (C=O) groups is 2. The largest absolute Gasteiger partial charge is 0.453 e. The van der Waals surface area contributed by atoms with Crippen molar-refractivity contribution >= 4 is 22.7 Å². The molecule has 0 radical (unpaired) electrons. The molecule has 3 rings (SSSR count). The van der Waals surface area contributed by atoms with Crippen molar-refractivity contribution in [3.63, 3.8) is 0 Å². The number of fused-ring (bicyclic) bond motifs is 1. The van der Waals surface area contributed by atoms with Crippen molar-refractivity contribution in [3.05, 3.63) is 36.1 Å². The number of ketones is 1. The van der Waals surface area contributed by atoms with Gasteiger partial charge in [0, 0.05) is 17.8 Å². The van der Waals surface area contributed by atoms with Crippen LogP contribution in [0.4, 0.5) is 0 Å². The van der Waals surface area contributed by atoms with Crippen LogP contribution in [0.15, 0.2) is 34.7 Å². The molecule has 0 saturated carbocycles. The third kappa shape index (κ3) is 2.33. The Morgan fingerprint density at radius 3 is 3.00 bits per heavy atom. The van der Waals surface area contributed by atoms with E-state index in [2.05, 4.69) is 0 Å². The number of hydrogen-bond donors (Lipinski definition) is 0. The summed E-state index contributed by atoms with van der Waals surface area (Å²) in [6, 6.07) is 9.26. The molecule has 104 valence electrons. The van der Waals surface area contributed by atoms with E-state index in [1.54, 1.807) is 11.0 Å². The summed E-state index contributed by atoms with van der Waals surface area (Å²) in [6.45, 7) is 2.69. The molecule has 1 aliphatic rings. The summed E-state index contributed by atoms with van der Waals surface area (Å²) in [4.78, 5) is 25.9. The summed E-state index contributed by atoms with van der Waals surface area (Å²) in [5, 5.41) is 0.911. The lowest BCUT2D eigenvalue weighted by Crippen LogP contribution is -2.42. The maximum atomic E-state index is 12.2. The summed E-state index contributed by atoms with van der Waals surface area (Å²) in [5.74, 6) is 0.286. The molecule has 0 bridgehead atoms. The van der Waals surface area contributed by atoms with Crippen LogP contribution in [0, 0.1) is 5.92 Å². The van der Waals surface area contributed by atoms with E-state index in [0.29, 0.717) is 17.9 Å². The van der Waals surface area contributed by atoms with Crippen molar-refractivity contribution in [1.29, 1.82) is 0 Å². The van der Waals surface area contributed by atoms with Gasteiger partial charge in [-0.3, -0.25) is 9.59 Å². The maximum Gasteiger partial charge on any atom is 0.225 e. The predicted molar refractivity (Wildman–Crippen MR) is 75.5 cm³/mol. The third-order valence-electron chi connectivity index (χ3n) is 3.83. The number of amides is 1. The molecule has 2 aromatic rings. The fraction of sp³-hybridized carbons (Fsp3) is 0.375. The summed E-state index contributed by atoms with van der Waals surface area (Å²) in [7, 11) is 0. The molecule has 4 heteroatoms. The Hall–Kier alpha value is -2.10. The normalized spacial score (nSPS) is 19.6. The molecule has 1 amide bonds. The Labute approximate surface area is 117 Å². The zero-order valence-electron chi connectivity index (χ0n) is 11.5. The van der Waals surface area contributed by atoms with Gasteiger partial charge in [0.15, 0.2) is 5.76 Å². The number of hydrogen-bond acceptors (Lipinski definition) is 3. The highest BCUT2D eigenvalue weighted by atomic mass is 16.3. The Bertz CT molecular complexity index is 626. The van der Waals surface area contributed by atoms with Gasteiger partial charge in [-0.25, -0.2) is 0 Å². The molecule has 1 aromatic heterocycles. The fourth-order valence-electron chi connectivity index (χ4n) is 2.66. The van der Waals surface area contributed by atoms with Gasteiger partial charge in [0.2, 0.25) is 11.7 Å². The molecule has 1 aromatic carbocycles. The quantitative estimate of drug-likeness (QED) is 0.806. The summed E-state index contributed by atoms with van der Waals surface area (Å²) < 4.78 is 5.55. The van der Waals surface area contributed by atoms with E-state index in [1.165, 1.54) is 0 Å². The Morgan fingerprint density at radius 1 is 1.40 bits per heavy atom. The molecule has 20 heavy (non-hydrogen) atoms. The van der Waals surface area contributed by atoms with E-state index in [1.807, 2.05) is 31.2 Å². The number of benzene rings is 1. The van der Waals surface area contributed by atoms with Gasteiger partial charge in [0.1, 0.15) is 5.58 Å². The van der Waals surface area contributed by atoms with E-state index >= 15 is 0 Å². The number of carbonyl (C=O) groups excluding carboxylic acids is 2. The van der Waals surface area contributed by atoms with E-state index < -0.39 is 0 Å². The molecule has 1 fully saturated rings. The zero-order valence-corrected chi connectivity index (χ0v) is 11.5. The summed E-state index contributed by atoms with van der Waals surface area (Å²) >= 11 is 0. The minimum absolute atomic E-state index is 0.0206. The SMILES string of the molecule is CC1CCCN(CC(=O)c2cc3ccccc3o2)C1=O. The minimum Gasteiger partial charge on any atom is -0.453 e. The second kappa shape index (κ2) is 5.12. The Morgan fingerprint density at radius 2 is 2.20 bits per heavy atom. The number of furan rings is 1. The van der Waals surface area contributed by atoms with Crippen LogP contribution in [0.25, 0.3) is 11.0 Å². The molecule has 1 saturated heterocycles. The van der Waals surface area contributed by atoms with Crippen LogP contribution in [0.5, 0.6) is 0 Å².